The number of esters is 1. The number of rotatable bonds is 5. The molecule has 1 rings (SSSR count). The van der Waals surface area contributed by atoms with E-state index in [1.54, 1.807) is 6.92 Å². The summed E-state index contributed by atoms with van der Waals surface area (Å²) in [7, 11) is 0. The Hall–Kier alpha value is -2.10. The van der Waals surface area contributed by atoms with Gasteiger partial charge in [0.25, 0.3) is 5.78 Å². The van der Waals surface area contributed by atoms with Gasteiger partial charge in [-0.3, -0.25) is 4.79 Å². The van der Waals surface area contributed by atoms with Crippen LogP contribution >= 0.6 is 0 Å². The summed E-state index contributed by atoms with van der Waals surface area (Å²) in [6.07, 6.45) is 1.11. The van der Waals surface area contributed by atoms with Crippen molar-refractivity contribution in [1.29, 1.82) is 0 Å². The molecule has 0 saturated heterocycles. The number of carbonyl (C=O) groups excluding carboxylic acids is 2. The zero-order chi connectivity index (χ0) is 13.5. The predicted molar refractivity (Wildman–Crippen MR) is 67.2 cm³/mol. The minimum Gasteiger partial charge on any atom is -0.512 e. The van der Waals surface area contributed by atoms with Crippen LogP contribution in [-0.4, -0.2) is 23.5 Å². The molecule has 0 fully saturated rings. The Morgan fingerprint density at radius 3 is 2.44 bits per heavy atom. The molecule has 96 valence electrons. The van der Waals surface area contributed by atoms with E-state index >= 15 is 0 Å². The van der Waals surface area contributed by atoms with Crippen molar-refractivity contribution in [3.63, 3.8) is 0 Å². The Labute approximate surface area is 106 Å². The SMILES string of the molecule is CCOC(=O)C(=O)C=C(O)Cc1ccc(C)cc1. The van der Waals surface area contributed by atoms with Crippen molar-refractivity contribution in [2.45, 2.75) is 20.3 Å². The summed E-state index contributed by atoms with van der Waals surface area (Å²) >= 11 is 0. The molecule has 0 atom stereocenters. The van der Waals surface area contributed by atoms with E-state index in [0.29, 0.717) is 0 Å². The number of aliphatic hydroxyl groups is 1. The third-order valence-electron chi connectivity index (χ3n) is 2.28. The van der Waals surface area contributed by atoms with E-state index in [1.807, 2.05) is 31.2 Å². The second-order valence-electron chi connectivity index (χ2n) is 3.88. The topological polar surface area (TPSA) is 63.6 Å². The van der Waals surface area contributed by atoms with E-state index in [4.69, 9.17) is 0 Å². The third-order valence-corrected chi connectivity index (χ3v) is 2.28. The van der Waals surface area contributed by atoms with Crippen LogP contribution in [0.15, 0.2) is 36.1 Å². The first kappa shape index (κ1) is 14.0. The molecule has 1 aromatic carbocycles. The molecule has 4 heteroatoms. The standard InChI is InChI=1S/C14H16O4/c1-3-18-14(17)13(16)9-12(15)8-11-6-4-10(2)5-7-11/h4-7,9,15H,3,8H2,1-2H3. The molecule has 0 unspecified atom stereocenters. The Balaban J connectivity index is 2.64. The smallest absolute Gasteiger partial charge is 0.379 e. The first-order valence-electron chi connectivity index (χ1n) is 5.69. The molecule has 0 aliphatic heterocycles. The van der Waals surface area contributed by atoms with Gasteiger partial charge in [-0.25, -0.2) is 4.79 Å². The maximum atomic E-state index is 11.3. The van der Waals surface area contributed by atoms with Crippen LogP contribution in [0.4, 0.5) is 0 Å². The molecule has 1 N–H and O–H groups in total. The van der Waals surface area contributed by atoms with Crippen LogP contribution in [0.1, 0.15) is 18.1 Å². The molecule has 0 radical (unpaired) electrons. The molecule has 18 heavy (non-hydrogen) atoms. The van der Waals surface area contributed by atoms with Crippen LogP contribution in [0, 0.1) is 6.92 Å². The molecular weight excluding hydrogens is 232 g/mol. The van der Waals surface area contributed by atoms with E-state index in [1.165, 1.54) is 0 Å². The van der Waals surface area contributed by atoms with Crippen LogP contribution in [0.5, 0.6) is 0 Å². The van der Waals surface area contributed by atoms with Gasteiger partial charge in [-0.05, 0) is 19.4 Å². The van der Waals surface area contributed by atoms with Crippen molar-refractivity contribution < 1.29 is 19.4 Å². The second kappa shape index (κ2) is 6.59. The average molecular weight is 248 g/mol. The second-order valence-corrected chi connectivity index (χ2v) is 3.88. The van der Waals surface area contributed by atoms with Crippen molar-refractivity contribution in [3.05, 3.63) is 47.2 Å². The van der Waals surface area contributed by atoms with Gasteiger partial charge in [0.1, 0.15) is 5.76 Å². The minimum atomic E-state index is -0.951. The van der Waals surface area contributed by atoms with E-state index in [9.17, 15) is 14.7 Å². The number of hydrogen-bond acceptors (Lipinski definition) is 4. The zero-order valence-electron chi connectivity index (χ0n) is 10.5. The Kier molecular flexibility index (Phi) is 5.11. The largest absolute Gasteiger partial charge is 0.512 e. The number of aryl methyl sites for hydroxylation is 1. The fraction of sp³-hybridized carbons (Fsp3) is 0.286. The maximum absolute atomic E-state index is 11.3. The highest BCUT2D eigenvalue weighted by Gasteiger charge is 2.12. The molecule has 0 amide bonds. The lowest BCUT2D eigenvalue weighted by Crippen LogP contribution is -2.15. The van der Waals surface area contributed by atoms with E-state index in [0.717, 1.165) is 17.2 Å². The molecule has 0 aromatic heterocycles. The molecular formula is C14H16O4. The number of carbonyl (C=O) groups is 2. The summed E-state index contributed by atoms with van der Waals surface area (Å²) in [5, 5.41) is 9.59. The van der Waals surface area contributed by atoms with Crippen molar-refractivity contribution in [1.82, 2.24) is 0 Å². The summed E-state index contributed by atoms with van der Waals surface area (Å²) < 4.78 is 4.53. The molecule has 1 aromatic rings. The summed E-state index contributed by atoms with van der Waals surface area (Å²) in [5.74, 6) is -1.95. The molecule has 0 aliphatic rings. The van der Waals surface area contributed by atoms with Crippen molar-refractivity contribution >= 4 is 11.8 Å². The van der Waals surface area contributed by atoms with Gasteiger partial charge < -0.3 is 9.84 Å². The van der Waals surface area contributed by atoms with Gasteiger partial charge in [0, 0.05) is 12.5 Å². The van der Waals surface area contributed by atoms with Crippen LogP contribution in [0.3, 0.4) is 0 Å². The van der Waals surface area contributed by atoms with Crippen molar-refractivity contribution in [3.8, 4) is 0 Å². The summed E-state index contributed by atoms with van der Waals surface area (Å²) in [6, 6.07) is 7.54. The van der Waals surface area contributed by atoms with Crippen LogP contribution in [-0.2, 0) is 20.7 Å². The lowest BCUT2D eigenvalue weighted by molar-refractivity contribution is -0.151. The van der Waals surface area contributed by atoms with Gasteiger partial charge in [-0.15, -0.1) is 0 Å². The molecule has 0 heterocycles. The van der Waals surface area contributed by atoms with Crippen LogP contribution in [0.25, 0.3) is 0 Å². The zero-order valence-corrected chi connectivity index (χ0v) is 10.5. The normalized spacial score (nSPS) is 11.1. The van der Waals surface area contributed by atoms with Gasteiger partial charge in [0.05, 0.1) is 6.61 Å². The first-order valence-corrected chi connectivity index (χ1v) is 5.69. The number of ketones is 1. The molecule has 0 bridgehead atoms. The molecule has 4 nitrogen and oxygen atoms in total. The quantitative estimate of drug-likeness (QED) is 0.375. The number of allylic oxidation sites excluding steroid dienone is 1. The molecule has 0 spiro atoms. The van der Waals surface area contributed by atoms with Crippen molar-refractivity contribution in [2.75, 3.05) is 6.61 Å². The highest BCUT2D eigenvalue weighted by molar-refractivity contribution is 6.38. The lowest BCUT2D eigenvalue weighted by Gasteiger charge is -2.02. The summed E-state index contributed by atoms with van der Waals surface area (Å²) in [5.41, 5.74) is 1.98. The fourth-order valence-electron chi connectivity index (χ4n) is 1.38. The summed E-state index contributed by atoms with van der Waals surface area (Å²) in [6.45, 7) is 3.71. The van der Waals surface area contributed by atoms with Gasteiger partial charge in [-0.2, -0.15) is 0 Å². The van der Waals surface area contributed by atoms with Gasteiger partial charge in [0.15, 0.2) is 0 Å². The fourth-order valence-corrected chi connectivity index (χ4v) is 1.38. The van der Waals surface area contributed by atoms with Crippen molar-refractivity contribution in [2.24, 2.45) is 0 Å². The number of hydrogen-bond donors (Lipinski definition) is 1. The number of benzene rings is 1. The van der Waals surface area contributed by atoms with Gasteiger partial charge in [-0.1, -0.05) is 29.8 Å². The highest BCUT2D eigenvalue weighted by Crippen LogP contribution is 2.08. The Morgan fingerprint density at radius 1 is 1.28 bits per heavy atom. The molecule has 0 aliphatic carbocycles. The Morgan fingerprint density at radius 2 is 1.89 bits per heavy atom. The maximum Gasteiger partial charge on any atom is 0.379 e. The Bertz CT molecular complexity index is 457. The van der Waals surface area contributed by atoms with E-state index in [-0.39, 0.29) is 18.8 Å². The van der Waals surface area contributed by atoms with E-state index < -0.39 is 11.8 Å². The lowest BCUT2D eigenvalue weighted by atomic mass is 10.1. The third kappa shape index (κ3) is 4.41. The predicted octanol–water partition coefficient (Wildman–Crippen LogP) is 2.11. The van der Waals surface area contributed by atoms with Gasteiger partial charge >= 0.3 is 5.97 Å². The van der Waals surface area contributed by atoms with Gasteiger partial charge in [0.2, 0.25) is 0 Å². The monoisotopic (exact) mass is 248 g/mol. The van der Waals surface area contributed by atoms with Crippen LogP contribution in [0.2, 0.25) is 0 Å². The number of ether oxygens (including phenoxy) is 1. The minimum absolute atomic E-state index is 0.136. The van der Waals surface area contributed by atoms with E-state index in [2.05, 4.69) is 4.74 Å². The van der Waals surface area contributed by atoms with Crippen LogP contribution < -0.4 is 0 Å². The molecule has 0 saturated carbocycles. The number of aliphatic hydroxyl groups excluding tert-OH is 1. The first-order chi connectivity index (χ1) is 8.52. The average Bonchev–Trinajstić information content (AvgIpc) is 2.32. The summed E-state index contributed by atoms with van der Waals surface area (Å²) in [4.78, 5) is 22.3. The highest BCUT2D eigenvalue weighted by atomic mass is 16.5.